The molecular formula is C22H32N2O2. The summed E-state index contributed by atoms with van der Waals surface area (Å²) in [5.41, 5.74) is 3.00. The summed E-state index contributed by atoms with van der Waals surface area (Å²) in [4.78, 5) is 28.4. The van der Waals surface area contributed by atoms with Crippen LogP contribution in [0.3, 0.4) is 0 Å². The molecule has 0 bridgehead atoms. The van der Waals surface area contributed by atoms with Crippen molar-refractivity contribution in [2.24, 2.45) is 0 Å². The Hall–Kier alpha value is -1.84. The predicted octanol–water partition coefficient (Wildman–Crippen LogP) is 3.70. The molecule has 1 atom stereocenters. The summed E-state index contributed by atoms with van der Waals surface area (Å²) in [6.07, 6.45) is 3.76. The lowest BCUT2D eigenvalue weighted by Gasteiger charge is -2.37. The molecule has 1 unspecified atom stereocenters. The van der Waals surface area contributed by atoms with Gasteiger partial charge in [-0.15, -0.1) is 0 Å². The lowest BCUT2D eigenvalue weighted by Crippen LogP contribution is -2.49. The highest BCUT2D eigenvalue weighted by Gasteiger charge is 2.36. The third kappa shape index (κ3) is 3.79. The van der Waals surface area contributed by atoms with Crippen molar-refractivity contribution in [1.82, 2.24) is 9.80 Å². The second-order valence-electron chi connectivity index (χ2n) is 8.81. The first-order valence-corrected chi connectivity index (χ1v) is 9.94. The van der Waals surface area contributed by atoms with Gasteiger partial charge in [0.05, 0.1) is 0 Å². The van der Waals surface area contributed by atoms with Crippen molar-refractivity contribution < 1.29 is 9.59 Å². The van der Waals surface area contributed by atoms with E-state index in [9.17, 15) is 9.59 Å². The van der Waals surface area contributed by atoms with Crippen LogP contribution in [0, 0.1) is 0 Å². The van der Waals surface area contributed by atoms with Crippen molar-refractivity contribution in [1.29, 1.82) is 0 Å². The smallest absolute Gasteiger partial charge is 0.245 e. The lowest BCUT2D eigenvalue weighted by atomic mass is 9.77. The third-order valence-corrected chi connectivity index (χ3v) is 5.96. The molecule has 0 saturated carbocycles. The first kappa shape index (κ1) is 18.9. The Morgan fingerprint density at radius 3 is 2.27 bits per heavy atom. The number of carbonyl (C=O) groups excluding carboxylic acids is 2. The van der Waals surface area contributed by atoms with Gasteiger partial charge in [0.1, 0.15) is 6.04 Å². The predicted molar refractivity (Wildman–Crippen MR) is 104 cm³/mol. The number of benzene rings is 1. The number of hydrogen-bond donors (Lipinski definition) is 0. The van der Waals surface area contributed by atoms with E-state index >= 15 is 0 Å². The molecule has 142 valence electrons. The van der Waals surface area contributed by atoms with Crippen LogP contribution >= 0.6 is 0 Å². The van der Waals surface area contributed by atoms with Gasteiger partial charge in [-0.2, -0.15) is 0 Å². The zero-order valence-electron chi connectivity index (χ0n) is 16.6. The molecule has 3 rings (SSSR count). The summed E-state index contributed by atoms with van der Waals surface area (Å²) in [6.45, 7) is 10.7. The fourth-order valence-electron chi connectivity index (χ4n) is 4.56. The van der Waals surface area contributed by atoms with Crippen molar-refractivity contribution in [2.45, 2.75) is 70.8 Å². The molecule has 2 amide bonds. The van der Waals surface area contributed by atoms with Crippen molar-refractivity contribution in [3.63, 3.8) is 0 Å². The Kier molecular flexibility index (Phi) is 5.40. The van der Waals surface area contributed by atoms with Crippen LogP contribution in [0.4, 0.5) is 0 Å². The topological polar surface area (TPSA) is 40.6 Å². The zero-order chi connectivity index (χ0) is 18.9. The molecular weight excluding hydrogens is 324 g/mol. The molecule has 2 aliphatic heterocycles. The number of amides is 2. The van der Waals surface area contributed by atoms with Crippen LogP contribution in [-0.2, 0) is 15.0 Å². The van der Waals surface area contributed by atoms with Crippen LogP contribution in [0.5, 0.6) is 0 Å². The fourth-order valence-corrected chi connectivity index (χ4v) is 4.56. The van der Waals surface area contributed by atoms with E-state index in [1.165, 1.54) is 11.1 Å². The van der Waals surface area contributed by atoms with Crippen LogP contribution in [0.25, 0.3) is 0 Å². The maximum atomic E-state index is 12.9. The van der Waals surface area contributed by atoms with Gasteiger partial charge in [0.2, 0.25) is 11.8 Å². The summed E-state index contributed by atoms with van der Waals surface area (Å²) in [5.74, 6) is 0.692. The molecule has 2 saturated heterocycles. The van der Waals surface area contributed by atoms with E-state index in [-0.39, 0.29) is 23.3 Å². The Balaban J connectivity index is 1.67. The molecule has 26 heavy (non-hydrogen) atoms. The minimum absolute atomic E-state index is 0.0230. The molecule has 0 aliphatic carbocycles. The number of likely N-dealkylation sites (tertiary alicyclic amines) is 2. The van der Waals surface area contributed by atoms with Gasteiger partial charge < -0.3 is 9.80 Å². The summed E-state index contributed by atoms with van der Waals surface area (Å²) in [7, 11) is 0. The second kappa shape index (κ2) is 7.42. The van der Waals surface area contributed by atoms with E-state index in [1.807, 2.05) is 4.90 Å². The molecule has 0 spiro atoms. The minimum Gasteiger partial charge on any atom is -0.341 e. The molecule has 1 aromatic carbocycles. The van der Waals surface area contributed by atoms with Crippen LogP contribution < -0.4 is 0 Å². The Labute approximate surface area is 157 Å². The molecule has 2 aliphatic rings. The van der Waals surface area contributed by atoms with E-state index in [4.69, 9.17) is 0 Å². The number of nitrogens with zero attached hydrogens (tertiary/aromatic N) is 2. The van der Waals surface area contributed by atoms with E-state index in [0.29, 0.717) is 5.92 Å². The monoisotopic (exact) mass is 356 g/mol. The van der Waals surface area contributed by atoms with E-state index in [0.717, 1.165) is 45.3 Å². The summed E-state index contributed by atoms with van der Waals surface area (Å²) >= 11 is 0. The van der Waals surface area contributed by atoms with Gasteiger partial charge in [-0.25, -0.2) is 0 Å². The maximum absolute atomic E-state index is 12.9. The number of rotatable bonds is 2. The summed E-state index contributed by atoms with van der Waals surface area (Å²) in [5, 5.41) is 0. The quantitative estimate of drug-likeness (QED) is 0.811. The molecule has 0 radical (unpaired) electrons. The molecule has 2 heterocycles. The second-order valence-corrected chi connectivity index (χ2v) is 8.81. The molecule has 0 aromatic heterocycles. The highest BCUT2D eigenvalue weighted by molar-refractivity contribution is 5.87. The zero-order valence-corrected chi connectivity index (χ0v) is 16.6. The largest absolute Gasteiger partial charge is 0.341 e. The highest BCUT2D eigenvalue weighted by atomic mass is 16.2. The normalized spacial score (nSPS) is 21.9. The highest BCUT2D eigenvalue weighted by Crippen LogP contribution is 2.36. The first-order valence-electron chi connectivity index (χ1n) is 9.94. The maximum Gasteiger partial charge on any atom is 0.245 e. The SMILES string of the molecule is CC(=O)N1CCCC1C(=O)N1CCC(c2ccccc2C(C)(C)C)CC1. The third-order valence-electron chi connectivity index (χ3n) is 5.96. The molecule has 2 fully saturated rings. The van der Waals surface area contributed by atoms with Crippen molar-refractivity contribution in [3.05, 3.63) is 35.4 Å². The number of carbonyl (C=O) groups is 2. The van der Waals surface area contributed by atoms with Gasteiger partial charge in [0, 0.05) is 26.6 Å². The summed E-state index contributed by atoms with van der Waals surface area (Å²) in [6, 6.07) is 8.53. The molecule has 1 aromatic rings. The van der Waals surface area contributed by atoms with Gasteiger partial charge in [0.25, 0.3) is 0 Å². The number of piperidine rings is 1. The lowest BCUT2D eigenvalue weighted by molar-refractivity contribution is -0.143. The Morgan fingerprint density at radius 2 is 1.65 bits per heavy atom. The van der Waals surface area contributed by atoms with Gasteiger partial charge in [-0.05, 0) is 48.1 Å². The minimum atomic E-state index is -0.231. The van der Waals surface area contributed by atoms with E-state index in [2.05, 4.69) is 45.0 Å². The summed E-state index contributed by atoms with van der Waals surface area (Å²) < 4.78 is 0. The van der Waals surface area contributed by atoms with Crippen molar-refractivity contribution >= 4 is 11.8 Å². The van der Waals surface area contributed by atoms with E-state index in [1.54, 1.807) is 11.8 Å². The Morgan fingerprint density at radius 1 is 1.00 bits per heavy atom. The Bertz CT molecular complexity index is 669. The van der Waals surface area contributed by atoms with Gasteiger partial charge in [0.15, 0.2) is 0 Å². The van der Waals surface area contributed by atoms with Crippen LogP contribution in [-0.4, -0.2) is 47.3 Å². The van der Waals surface area contributed by atoms with Crippen LogP contribution in [0.2, 0.25) is 0 Å². The average molecular weight is 357 g/mol. The number of hydrogen-bond acceptors (Lipinski definition) is 2. The molecule has 0 N–H and O–H groups in total. The van der Waals surface area contributed by atoms with E-state index < -0.39 is 0 Å². The van der Waals surface area contributed by atoms with Crippen LogP contribution in [0.15, 0.2) is 24.3 Å². The van der Waals surface area contributed by atoms with Crippen molar-refractivity contribution in [2.75, 3.05) is 19.6 Å². The van der Waals surface area contributed by atoms with Crippen LogP contribution in [0.1, 0.15) is 70.4 Å². The molecule has 4 nitrogen and oxygen atoms in total. The van der Waals surface area contributed by atoms with Crippen molar-refractivity contribution in [3.8, 4) is 0 Å². The fraction of sp³-hybridized carbons (Fsp3) is 0.636. The van der Waals surface area contributed by atoms with Gasteiger partial charge in [-0.3, -0.25) is 9.59 Å². The molecule has 4 heteroatoms. The van der Waals surface area contributed by atoms with Gasteiger partial charge in [-0.1, -0.05) is 45.0 Å². The standard InChI is InChI=1S/C22H32N2O2/c1-16(25)24-13-7-10-20(24)21(26)23-14-11-17(12-15-23)18-8-5-6-9-19(18)22(2,3)4/h5-6,8-9,17,20H,7,10-15H2,1-4H3. The first-order chi connectivity index (χ1) is 12.3. The van der Waals surface area contributed by atoms with Gasteiger partial charge >= 0.3 is 0 Å². The average Bonchev–Trinajstić information content (AvgIpc) is 3.10.